The van der Waals surface area contributed by atoms with Crippen LogP contribution >= 0.6 is 11.6 Å². The maximum Gasteiger partial charge on any atom is 0.321 e. The van der Waals surface area contributed by atoms with Crippen LogP contribution in [-0.2, 0) is 4.79 Å². The highest BCUT2D eigenvalue weighted by Crippen LogP contribution is 2.22. The fraction of sp³-hybridized carbons (Fsp3) is 0.391. The van der Waals surface area contributed by atoms with Crippen LogP contribution in [0.25, 0.3) is 0 Å². The molecule has 2 aromatic carbocycles. The zero-order chi connectivity index (χ0) is 20.6. The van der Waals surface area contributed by atoms with E-state index in [2.05, 4.69) is 29.7 Å². The SMILES string of the molecule is CC(CNC(=O)CC1CCN(C(=O)Nc2cccc(Cl)c2)CC1)c1ccccc1. The number of carbonyl (C=O) groups is 2. The Hall–Kier alpha value is -2.53. The summed E-state index contributed by atoms with van der Waals surface area (Å²) in [6.07, 6.45) is 2.19. The van der Waals surface area contributed by atoms with Crippen LogP contribution in [0.4, 0.5) is 10.5 Å². The monoisotopic (exact) mass is 413 g/mol. The molecule has 6 heteroatoms. The van der Waals surface area contributed by atoms with E-state index in [1.54, 1.807) is 23.1 Å². The van der Waals surface area contributed by atoms with Crippen LogP contribution < -0.4 is 10.6 Å². The van der Waals surface area contributed by atoms with Crippen molar-refractivity contribution < 1.29 is 9.59 Å². The van der Waals surface area contributed by atoms with E-state index < -0.39 is 0 Å². The van der Waals surface area contributed by atoms with Crippen molar-refractivity contribution in [2.24, 2.45) is 5.92 Å². The van der Waals surface area contributed by atoms with Crippen molar-refractivity contribution in [2.75, 3.05) is 25.0 Å². The Morgan fingerprint density at radius 1 is 1.10 bits per heavy atom. The summed E-state index contributed by atoms with van der Waals surface area (Å²) in [5, 5.41) is 6.53. The summed E-state index contributed by atoms with van der Waals surface area (Å²) in [6, 6.07) is 17.2. The van der Waals surface area contributed by atoms with Gasteiger partial charge < -0.3 is 15.5 Å². The van der Waals surface area contributed by atoms with E-state index in [1.807, 2.05) is 24.3 Å². The van der Waals surface area contributed by atoms with E-state index in [1.165, 1.54) is 5.56 Å². The Kier molecular flexibility index (Phi) is 7.53. The molecule has 0 aromatic heterocycles. The standard InChI is InChI=1S/C23H28ClN3O2/c1-17(19-6-3-2-4-7-19)16-25-22(28)14-18-10-12-27(13-11-18)23(29)26-21-9-5-8-20(24)15-21/h2-9,15,17-18H,10-14,16H2,1H3,(H,25,28)(H,26,29). The third kappa shape index (κ3) is 6.50. The fourth-order valence-electron chi connectivity index (χ4n) is 3.61. The van der Waals surface area contributed by atoms with Crippen LogP contribution in [0, 0.1) is 5.92 Å². The average Bonchev–Trinajstić information content (AvgIpc) is 2.73. The number of anilines is 1. The molecule has 5 nitrogen and oxygen atoms in total. The first-order valence-electron chi connectivity index (χ1n) is 10.1. The molecule has 2 aromatic rings. The molecule has 1 aliphatic rings. The molecule has 154 valence electrons. The molecule has 0 aliphatic carbocycles. The largest absolute Gasteiger partial charge is 0.355 e. The van der Waals surface area contributed by atoms with Gasteiger partial charge in [0.2, 0.25) is 5.91 Å². The number of carbonyl (C=O) groups excluding carboxylic acids is 2. The first-order chi connectivity index (χ1) is 14.0. The van der Waals surface area contributed by atoms with Crippen molar-refractivity contribution in [3.8, 4) is 0 Å². The number of nitrogens with one attached hydrogen (secondary N) is 2. The van der Waals surface area contributed by atoms with Gasteiger partial charge in [-0.1, -0.05) is 54.9 Å². The van der Waals surface area contributed by atoms with Gasteiger partial charge in [0.1, 0.15) is 0 Å². The van der Waals surface area contributed by atoms with Crippen LogP contribution in [0.2, 0.25) is 5.02 Å². The lowest BCUT2D eigenvalue weighted by Crippen LogP contribution is -2.42. The molecular weight excluding hydrogens is 386 g/mol. The maximum absolute atomic E-state index is 12.4. The Morgan fingerprint density at radius 3 is 2.52 bits per heavy atom. The van der Waals surface area contributed by atoms with E-state index in [4.69, 9.17) is 11.6 Å². The molecule has 1 fully saturated rings. The Morgan fingerprint density at radius 2 is 1.83 bits per heavy atom. The summed E-state index contributed by atoms with van der Waals surface area (Å²) < 4.78 is 0. The van der Waals surface area contributed by atoms with E-state index >= 15 is 0 Å². The van der Waals surface area contributed by atoms with Crippen molar-refractivity contribution >= 4 is 29.2 Å². The molecule has 3 rings (SSSR count). The summed E-state index contributed by atoms with van der Waals surface area (Å²) in [5.74, 6) is 0.698. The molecule has 0 bridgehead atoms. The minimum Gasteiger partial charge on any atom is -0.355 e. The van der Waals surface area contributed by atoms with Crippen molar-refractivity contribution in [1.29, 1.82) is 0 Å². The van der Waals surface area contributed by atoms with E-state index in [9.17, 15) is 9.59 Å². The molecule has 1 aliphatic heterocycles. The number of benzene rings is 2. The molecule has 0 saturated carbocycles. The Bertz CT molecular complexity index is 820. The molecule has 1 atom stereocenters. The summed E-state index contributed by atoms with van der Waals surface area (Å²) in [4.78, 5) is 26.5. The van der Waals surface area contributed by atoms with Gasteiger partial charge in [-0.05, 0) is 48.4 Å². The lowest BCUT2D eigenvalue weighted by atomic mass is 9.93. The molecule has 1 heterocycles. The predicted octanol–water partition coefficient (Wildman–Crippen LogP) is 4.89. The molecule has 29 heavy (non-hydrogen) atoms. The minimum absolute atomic E-state index is 0.0922. The van der Waals surface area contributed by atoms with Gasteiger partial charge in [0.15, 0.2) is 0 Å². The number of likely N-dealkylation sites (tertiary alicyclic amines) is 1. The van der Waals surface area contributed by atoms with Gasteiger partial charge in [-0.2, -0.15) is 0 Å². The first kappa shape index (κ1) is 21.2. The van der Waals surface area contributed by atoms with Crippen LogP contribution in [0.15, 0.2) is 54.6 Å². The lowest BCUT2D eigenvalue weighted by molar-refractivity contribution is -0.122. The first-order valence-corrected chi connectivity index (χ1v) is 10.5. The van der Waals surface area contributed by atoms with Crippen molar-refractivity contribution in [1.82, 2.24) is 10.2 Å². The van der Waals surface area contributed by atoms with Gasteiger partial charge in [0.25, 0.3) is 0 Å². The number of halogens is 1. The van der Waals surface area contributed by atoms with Gasteiger partial charge >= 0.3 is 6.03 Å². The highest BCUT2D eigenvalue weighted by Gasteiger charge is 2.24. The minimum atomic E-state index is -0.119. The second-order valence-electron chi connectivity index (χ2n) is 7.69. The van der Waals surface area contributed by atoms with Crippen LogP contribution in [-0.4, -0.2) is 36.5 Å². The number of amides is 3. The number of piperidine rings is 1. The summed E-state index contributed by atoms with van der Waals surface area (Å²) in [5.41, 5.74) is 1.92. The third-order valence-corrected chi connectivity index (χ3v) is 5.66. The van der Waals surface area contributed by atoms with Crippen molar-refractivity contribution in [2.45, 2.75) is 32.1 Å². The summed E-state index contributed by atoms with van der Waals surface area (Å²) in [7, 11) is 0. The smallest absolute Gasteiger partial charge is 0.321 e. The van der Waals surface area contributed by atoms with Crippen molar-refractivity contribution in [3.05, 3.63) is 65.2 Å². The van der Waals surface area contributed by atoms with Gasteiger partial charge in [-0.3, -0.25) is 4.79 Å². The van der Waals surface area contributed by atoms with Crippen LogP contribution in [0.5, 0.6) is 0 Å². The topological polar surface area (TPSA) is 61.4 Å². The van der Waals surface area contributed by atoms with E-state index in [-0.39, 0.29) is 17.9 Å². The second-order valence-corrected chi connectivity index (χ2v) is 8.13. The number of rotatable bonds is 6. The van der Waals surface area contributed by atoms with Gasteiger partial charge in [0.05, 0.1) is 0 Å². The summed E-state index contributed by atoms with van der Waals surface area (Å²) >= 11 is 5.96. The molecule has 0 spiro atoms. The number of nitrogens with zero attached hydrogens (tertiary/aromatic N) is 1. The highest BCUT2D eigenvalue weighted by molar-refractivity contribution is 6.30. The van der Waals surface area contributed by atoms with Crippen molar-refractivity contribution in [3.63, 3.8) is 0 Å². The molecule has 2 N–H and O–H groups in total. The maximum atomic E-state index is 12.4. The van der Waals surface area contributed by atoms with Gasteiger partial charge in [-0.15, -0.1) is 0 Å². The fourth-order valence-corrected chi connectivity index (χ4v) is 3.80. The Labute approximate surface area is 177 Å². The highest BCUT2D eigenvalue weighted by atomic mass is 35.5. The normalized spacial score (nSPS) is 15.6. The Balaban J connectivity index is 1.38. The van der Waals surface area contributed by atoms with E-state index in [0.29, 0.717) is 42.7 Å². The average molecular weight is 414 g/mol. The predicted molar refractivity (Wildman–Crippen MR) is 117 cm³/mol. The lowest BCUT2D eigenvalue weighted by Gasteiger charge is -2.31. The van der Waals surface area contributed by atoms with Crippen LogP contribution in [0.3, 0.4) is 0 Å². The summed E-state index contributed by atoms with van der Waals surface area (Å²) in [6.45, 7) is 4.08. The molecule has 1 unspecified atom stereocenters. The number of urea groups is 1. The van der Waals surface area contributed by atoms with Gasteiger partial charge in [-0.25, -0.2) is 4.79 Å². The number of hydrogen-bond acceptors (Lipinski definition) is 2. The van der Waals surface area contributed by atoms with Crippen LogP contribution in [0.1, 0.15) is 37.7 Å². The second kappa shape index (κ2) is 10.3. The molecule has 0 radical (unpaired) electrons. The molecule has 3 amide bonds. The zero-order valence-corrected chi connectivity index (χ0v) is 17.5. The number of hydrogen-bond donors (Lipinski definition) is 2. The van der Waals surface area contributed by atoms with Gasteiger partial charge in [0, 0.05) is 36.8 Å². The van der Waals surface area contributed by atoms with E-state index in [0.717, 1.165) is 12.8 Å². The quantitative estimate of drug-likeness (QED) is 0.707. The molecular formula is C23H28ClN3O2. The zero-order valence-electron chi connectivity index (χ0n) is 16.7. The third-order valence-electron chi connectivity index (χ3n) is 5.43. The molecule has 1 saturated heterocycles.